The Morgan fingerprint density at radius 1 is 1.27 bits per heavy atom. The van der Waals surface area contributed by atoms with Crippen molar-refractivity contribution in [3.63, 3.8) is 0 Å². The van der Waals surface area contributed by atoms with Gasteiger partial charge in [0.1, 0.15) is 17.8 Å². The first-order valence-electron chi connectivity index (χ1n) is 12.5. The molecule has 4 rings (SSSR count). The second kappa shape index (κ2) is 11.8. The SMILES string of the molecule is COc1cc(S(C)(=O)=O)ccc1NCC#Cc1cc(C(=O)N[C@@H]2CCNC[C@@H]2C)c2ncn(CC(F)(F)F)c2c1. The number of sulfone groups is 1. The monoisotopic (exact) mass is 577 g/mol. The lowest BCUT2D eigenvalue weighted by Gasteiger charge is -2.30. The van der Waals surface area contributed by atoms with Crippen LogP contribution in [0.2, 0.25) is 0 Å². The number of benzene rings is 2. The summed E-state index contributed by atoms with van der Waals surface area (Å²) < 4.78 is 69.5. The van der Waals surface area contributed by atoms with E-state index in [9.17, 15) is 26.4 Å². The summed E-state index contributed by atoms with van der Waals surface area (Å²) in [6, 6.07) is 7.33. The number of aromatic nitrogens is 2. The summed E-state index contributed by atoms with van der Waals surface area (Å²) in [7, 11) is -2.00. The van der Waals surface area contributed by atoms with Crippen LogP contribution in [0.15, 0.2) is 41.6 Å². The summed E-state index contributed by atoms with van der Waals surface area (Å²) in [5.74, 6) is 5.89. The van der Waals surface area contributed by atoms with Gasteiger partial charge in [-0.3, -0.25) is 4.79 Å². The third-order valence-corrected chi connectivity index (χ3v) is 7.73. The second-order valence-electron chi connectivity index (χ2n) is 9.72. The summed E-state index contributed by atoms with van der Waals surface area (Å²) in [4.78, 5) is 17.5. The average Bonchev–Trinajstić information content (AvgIpc) is 3.27. The van der Waals surface area contributed by atoms with Gasteiger partial charge in [0, 0.05) is 23.9 Å². The van der Waals surface area contributed by atoms with Crippen LogP contribution >= 0.6 is 0 Å². The number of amides is 1. The summed E-state index contributed by atoms with van der Waals surface area (Å²) >= 11 is 0. The number of alkyl halides is 3. The standard InChI is InChI=1S/C27H30F3N5O4S/c1-17-14-31-10-8-21(17)34-26(36)20-11-18(12-23-25(20)33-16-35(23)15-27(28,29)30)5-4-9-32-22-7-6-19(40(3,37)38)13-24(22)39-2/h6-7,11-13,16-17,21,31-32H,8-10,14-15H2,1-3H3,(H,34,36)/t17-,21+/m0/s1. The number of nitrogens with one attached hydrogen (secondary N) is 3. The fourth-order valence-corrected chi connectivity index (χ4v) is 5.17. The molecule has 3 aromatic rings. The van der Waals surface area contributed by atoms with Gasteiger partial charge in [-0.15, -0.1) is 0 Å². The van der Waals surface area contributed by atoms with Crippen LogP contribution in [0.3, 0.4) is 0 Å². The second-order valence-corrected chi connectivity index (χ2v) is 11.7. The zero-order valence-corrected chi connectivity index (χ0v) is 23.0. The summed E-state index contributed by atoms with van der Waals surface area (Å²) in [5.41, 5.74) is 1.33. The Morgan fingerprint density at radius 3 is 2.73 bits per heavy atom. The van der Waals surface area contributed by atoms with E-state index < -0.39 is 28.5 Å². The number of rotatable bonds is 7. The molecule has 1 aromatic heterocycles. The average molecular weight is 578 g/mol. The third kappa shape index (κ3) is 7.05. The molecular weight excluding hydrogens is 547 g/mol. The van der Waals surface area contributed by atoms with E-state index in [2.05, 4.69) is 32.8 Å². The highest BCUT2D eigenvalue weighted by molar-refractivity contribution is 7.90. The molecule has 9 nitrogen and oxygen atoms in total. The smallest absolute Gasteiger partial charge is 0.406 e. The van der Waals surface area contributed by atoms with Gasteiger partial charge in [0.05, 0.1) is 41.6 Å². The van der Waals surface area contributed by atoms with Crippen molar-refractivity contribution < 1.29 is 31.1 Å². The normalized spacial score (nSPS) is 17.6. The lowest BCUT2D eigenvalue weighted by atomic mass is 9.95. The van der Waals surface area contributed by atoms with Crippen LogP contribution in [0.1, 0.15) is 29.3 Å². The number of fused-ring (bicyclic) bond motifs is 1. The number of imidazole rings is 1. The Bertz CT molecular complexity index is 1570. The molecule has 40 heavy (non-hydrogen) atoms. The molecule has 0 unspecified atom stereocenters. The molecule has 3 N–H and O–H groups in total. The summed E-state index contributed by atoms with van der Waals surface area (Å²) in [5, 5.41) is 9.32. The number of carbonyl (C=O) groups excluding carboxylic acids is 1. The largest absolute Gasteiger partial charge is 0.495 e. The molecule has 1 aliphatic heterocycles. The maximum absolute atomic E-state index is 13.3. The van der Waals surface area contributed by atoms with Gasteiger partial charge in [0.25, 0.3) is 5.91 Å². The molecule has 0 radical (unpaired) electrons. The van der Waals surface area contributed by atoms with Gasteiger partial charge in [-0.25, -0.2) is 13.4 Å². The summed E-state index contributed by atoms with van der Waals surface area (Å²) in [6.45, 7) is 2.38. The molecule has 0 saturated carbocycles. The first kappa shape index (κ1) is 29.2. The molecule has 13 heteroatoms. The number of carbonyl (C=O) groups is 1. The number of anilines is 1. The maximum atomic E-state index is 13.3. The van der Waals surface area contributed by atoms with Gasteiger partial charge in [0.15, 0.2) is 9.84 Å². The van der Waals surface area contributed by atoms with E-state index in [1.165, 1.54) is 31.4 Å². The van der Waals surface area contributed by atoms with E-state index in [4.69, 9.17) is 4.74 Å². The lowest BCUT2D eigenvalue weighted by molar-refractivity contribution is -0.139. The molecule has 214 valence electrons. The van der Waals surface area contributed by atoms with Crippen LogP contribution < -0.4 is 20.7 Å². The van der Waals surface area contributed by atoms with Gasteiger partial charge in [-0.2, -0.15) is 13.2 Å². The lowest BCUT2D eigenvalue weighted by Crippen LogP contribution is -2.48. The minimum Gasteiger partial charge on any atom is -0.495 e. The minimum absolute atomic E-state index is 0.0796. The van der Waals surface area contributed by atoms with E-state index in [0.29, 0.717) is 17.0 Å². The number of hydrogen-bond donors (Lipinski definition) is 3. The predicted octanol–water partition coefficient (Wildman–Crippen LogP) is 3.20. The number of hydrogen-bond acceptors (Lipinski definition) is 7. The van der Waals surface area contributed by atoms with Crippen LogP contribution in [0.5, 0.6) is 5.75 Å². The van der Waals surface area contributed by atoms with E-state index in [-0.39, 0.29) is 40.0 Å². The van der Waals surface area contributed by atoms with E-state index in [1.54, 1.807) is 6.07 Å². The van der Waals surface area contributed by atoms with Crippen LogP contribution in [0.4, 0.5) is 18.9 Å². The Balaban J connectivity index is 1.61. The Hall–Kier alpha value is -3.76. The molecule has 0 spiro atoms. The first-order valence-corrected chi connectivity index (χ1v) is 14.4. The molecule has 0 bridgehead atoms. The van der Waals surface area contributed by atoms with Crippen LogP contribution in [0, 0.1) is 17.8 Å². The molecule has 1 aliphatic rings. The van der Waals surface area contributed by atoms with E-state index >= 15 is 0 Å². The molecule has 0 aliphatic carbocycles. The van der Waals surface area contributed by atoms with Crippen molar-refractivity contribution in [2.24, 2.45) is 5.92 Å². The van der Waals surface area contributed by atoms with Crippen molar-refractivity contribution in [3.05, 3.63) is 47.8 Å². The van der Waals surface area contributed by atoms with Crippen molar-refractivity contribution in [3.8, 4) is 17.6 Å². The van der Waals surface area contributed by atoms with E-state index in [0.717, 1.165) is 36.7 Å². The van der Waals surface area contributed by atoms with Crippen molar-refractivity contribution in [1.82, 2.24) is 20.2 Å². The van der Waals surface area contributed by atoms with Gasteiger partial charge >= 0.3 is 6.18 Å². The van der Waals surface area contributed by atoms with Crippen molar-refractivity contribution >= 4 is 32.5 Å². The first-order chi connectivity index (χ1) is 18.9. The Morgan fingerprint density at radius 2 is 2.05 bits per heavy atom. The van der Waals surface area contributed by atoms with Gasteiger partial charge < -0.3 is 25.3 Å². The van der Waals surface area contributed by atoms with Gasteiger partial charge in [-0.05, 0) is 49.7 Å². The molecule has 1 fully saturated rings. The molecule has 2 aromatic carbocycles. The van der Waals surface area contributed by atoms with Crippen LogP contribution in [0.25, 0.3) is 11.0 Å². The van der Waals surface area contributed by atoms with Crippen molar-refractivity contribution in [2.75, 3.05) is 38.3 Å². The zero-order valence-electron chi connectivity index (χ0n) is 22.2. The number of nitrogens with zero attached hydrogens (tertiary/aromatic N) is 2. The third-order valence-electron chi connectivity index (χ3n) is 6.62. The van der Waals surface area contributed by atoms with Gasteiger partial charge in [0.2, 0.25) is 0 Å². The fraction of sp³-hybridized carbons (Fsp3) is 0.407. The molecular formula is C27H30F3N5O4S. The molecule has 2 atom stereocenters. The fourth-order valence-electron chi connectivity index (χ4n) is 4.54. The number of piperidine rings is 1. The van der Waals surface area contributed by atoms with Crippen LogP contribution in [-0.4, -0.2) is 69.1 Å². The van der Waals surface area contributed by atoms with Crippen molar-refractivity contribution in [2.45, 2.75) is 37.0 Å². The molecule has 2 heterocycles. The predicted molar refractivity (Wildman–Crippen MR) is 145 cm³/mol. The number of methoxy groups -OCH3 is 1. The number of halogens is 3. The highest BCUT2D eigenvalue weighted by Crippen LogP contribution is 2.28. The minimum atomic E-state index is -4.47. The summed E-state index contributed by atoms with van der Waals surface area (Å²) in [6.07, 6.45) is -1.57. The number of ether oxygens (including phenoxy) is 1. The Labute approximate surface area is 230 Å². The highest BCUT2D eigenvalue weighted by Gasteiger charge is 2.30. The quantitative estimate of drug-likeness (QED) is 0.370. The topological polar surface area (TPSA) is 114 Å². The zero-order chi connectivity index (χ0) is 29.1. The van der Waals surface area contributed by atoms with Crippen LogP contribution in [-0.2, 0) is 16.4 Å². The highest BCUT2D eigenvalue weighted by atomic mass is 32.2. The maximum Gasteiger partial charge on any atom is 0.406 e. The molecule has 1 amide bonds. The van der Waals surface area contributed by atoms with E-state index in [1.807, 2.05) is 6.92 Å². The van der Waals surface area contributed by atoms with Gasteiger partial charge in [-0.1, -0.05) is 18.8 Å². The Kier molecular flexibility index (Phi) is 8.60. The van der Waals surface area contributed by atoms with Crippen molar-refractivity contribution in [1.29, 1.82) is 0 Å². The molecule has 1 saturated heterocycles.